The van der Waals surface area contributed by atoms with Gasteiger partial charge in [0.25, 0.3) is 5.69 Å². The number of rotatable bonds is 2. The van der Waals surface area contributed by atoms with E-state index in [2.05, 4.69) is 0 Å². The number of hydrogen-bond acceptors (Lipinski definition) is 6. The van der Waals surface area contributed by atoms with Crippen LogP contribution in [-0.4, -0.2) is 40.0 Å². The van der Waals surface area contributed by atoms with Crippen LogP contribution >= 0.6 is 0 Å². The molecule has 0 aromatic heterocycles. The van der Waals surface area contributed by atoms with Gasteiger partial charge in [0.1, 0.15) is 5.76 Å². The zero-order valence-electron chi connectivity index (χ0n) is 13.2. The van der Waals surface area contributed by atoms with Crippen molar-refractivity contribution in [3.05, 3.63) is 50.8 Å². The van der Waals surface area contributed by atoms with Crippen LogP contribution in [0.5, 0.6) is 0 Å². The Hall–Kier alpha value is -2.90. The summed E-state index contributed by atoms with van der Waals surface area (Å²) >= 11 is 0. The number of fused-ring (bicyclic) bond motifs is 4. The average Bonchev–Trinajstić information content (AvgIpc) is 2.52. The minimum atomic E-state index is -0.776. The number of benzene rings is 1. The standard InChI is InChI=1S/C16H16N2O6/c1-8(19)15-13-6-10-9(4-3-5-11(10)18(22)23)12(7-14(15)20)17(13)16(21)24-2/h3-5,12-13,20H,6-7H2,1-2H3. The van der Waals surface area contributed by atoms with Crippen LogP contribution in [-0.2, 0) is 16.0 Å². The Morgan fingerprint density at radius 3 is 2.62 bits per heavy atom. The second kappa shape index (κ2) is 5.63. The normalized spacial score (nSPS) is 22.0. The summed E-state index contributed by atoms with van der Waals surface area (Å²) in [5, 5.41) is 21.6. The molecule has 0 radical (unpaired) electrons. The van der Waals surface area contributed by atoms with Crippen molar-refractivity contribution in [1.82, 2.24) is 4.90 Å². The lowest BCUT2D eigenvalue weighted by Gasteiger charge is -2.45. The van der Waals surface area contributed by atoms with Crippen molar-refractivity contribution in [3.63, 3.8) is 0 Å². The maximum atomic E-state index is 12.2. The van der Waals surface area contributed by atoms with E-state index in [4.69, 9.17) is 4.74 Å². The lowest BCUT2D eigenvalue weighted by molar-refractivity contribution is -0.385. The largest absolute Gasteiger partial charge is 0.512 e. The van der Waals surface area contributed by atoms with Gasteiger partial charge in [0.2, 0.25) is 0 Å². The van der Waals surface area contributed by atoms with Gasteiger partial charge in [-0.25, -0.2) is 4.79 Å². The van der Waals surface area contributed by atoms with Crippen molar-refractivity contribution in [2.45, 2.75) is 31.8 Å². The van der Waals surface area contributed by atoms with Crippen molar-refractivity contribution < 1.29 is 24.4 Å². The summed E-state index contributed by atoms with van der Waals surface area (Å²) in [6, 6.07) is 3.27. The Bertz CT molecular complexity index is 785. The molecule has 2 atom stereocenters. The van der Waals surface area contributed by atoms with Crippen LogP contribution in [0.4, 0.5) is 10.5 Å². The van der Waals surface area contributed by atoms with Gasteiger partial charge in [-0.2, -0.15) is 0 Å². The lowest BCUT2D eigenvalue weighted by Crippen LogP contribution is -2.52. The van der Waals surface area contributed by atoms with E-state index in [0.29, 0.717) is 11.1 Å². The third-order valence-electron chi connectivity index (χ3n) is 4.61. The second-order valence-corrected chi connectivity index (χ2v) is 5.84. The smallest absolute Gasteiger partial charge is 0.410 e. The number of ketones is 1. The van der Waals surface area contributed by atoms with Gasteiger partial charge in [-0.1, -0.05) is 12.1 Å². The summed E-state index contributed by atoms with van der Waals surface area (Å²) in [5.74, 6) is -0.443. The summed E-state index contributed by atoms with van der Waals surface area (Å²) in [7, 11) is 1.23. The first-order valence-corrected chi connectivity index (χ1v) is 7.42. The fourth-order valence-corrected chi connectivity index (χ4v) is 3.69. The maximum absolute atomic E-state index is 12.2. The first-order valence-electron chi connectivity index (χ1n) is 7.42. The Kier molecular flexibility index (Phi) is 3.75. The minimum absolute atomic E-state index is 0.0225. The Labute approximate surface area is 137 Å². The predicted molar refractivity (Wildman–Crippen MR) is 82.5 cm³/mol. The highest BCUT2D eigenvalue weighted by atomic mass is 16.6. The highest BCUT2D eigenvalue weighted by molar-refractivity contribution is 5.96. The SMILES string of the molecule is COC(=O)N1C2Cc3c(cccc3[N+](=O)[O-])C1CC(O)=C2C(C)=O. The molecule has 2 aliphatic rings. The van der Waals surface area contributed by atoms with Gasteiger partial charge in [-0.15, -0.1) is 0 Å². The second-order valence-electron chi connectivity index (χ2n) is 5.84. The molecule has 8 nitrogen and oxygen atoms in total. The molecule has 2 unspecified atom stereocenters. The molecule has 2 aliphatic heterocycles. The molecule has 2 heterocycles. The molecule has 0 spiro atoms. The number of nitro groups is 1. The number of nitro benzene ring substituents is 1. The number of ether oxygens (including phenoxy) is 1. The molecule has 1 aromatic rings. The van der Waals surface area contributed by atoms with Crippen LogP contribution in [0.15, 0.2) is 29.5 Å². The molecule has 24 heavy (non-hydrogen) atoms. The fraction of sp³-hybridized carbons (Fsp3) is 0.375. The van der Waals surface area contributed by atoms with Crippen molar-refractivity contribution in [1.29, 1.82) is 0 Å². The molecule has 0 saturated carbocycles. The summed E-state index contributed by atoms with van der Waals surface area (Å²) in [4.78, 5) is 36.4. The number of carbonyl (C=O) groups excluding carboxylic acids is 2. The number of aliphatic hydroxyl groups excluding tert-OH is 1. The number of amides is 1. The van der Waals surface area contributed by atoms with Crippen LogP contribution in [0.1, 0.15) is 30.5 Å². The van der Waals surface area contributed by atoms with Crippen molar-refractivity contribution in [3.8, 4) is 0 Å². The van der Waals surface area contributed by atoms with Gasteiger partial charge in [-0.3, -0.25) is 19.8 Å². The molecule has 1 amide bonds. The molecular formula is C16H16N2O6. The van der Waals surface area contributed by atoms with Gasteiger partial charge < -0.3 is 9.84 Å². The van der Waals surface area contributed by atoms with Crippen LogP contribution in [0.25, 0.3) is 0 Å². The molecule has 2 bridgehead atoms. The molecule has 0 saturated heterocycles. The number of hydrogen-bond donors (Lipinski definition) is 1. The number of nitrogens with zero attached hydrogens (tertiary/aromatic N) is 2. The van der Waals surface area contributed by atoms with Gasteiger partial charge in [0, 0.05) is 24.5 Å². The quantitative estimate of drug-likeness (QED) is 0.658. The predicted octanol–water partition coefficient (Wildman–Crippen LogP) is 2.43. The zero-order valence-corrected chi connectivity index (χ0v) is 13.2. The van der Waals surface area contributed by atoms with Gasteiger partial charge >= 0.3 is 6.09 Å². The van der Waals surface area contributed by atoms with Crippen LogP contribution in [0.3, 0.4) is 0 Å². The topological polar surface area (TPSA) is 110 Å². The monoisotopic (exact) mass is 332 g/mol. The summed E-state index contributed by atoms with van der Waals surface area (Å²) < 4.78 is 4.82. The molecule has 3 rings (SSSR count). The molecule has 0 fully saturated rings. The van der Waals surface area contributed by atoms with E-state index in [1.54, 1.807) is 12.1 Å². The fourth-order valence-electron chi connectivity index (χ4n) is 3.69. The van der Waals surface area contributed by atoms with E-state index in [1.165, 1.54) is 25.0 Å². The molecule has 1 N–H and O–H groups in total. The zero-order chi connectivity index (χ0) is 17.6. The van der Waals surface area contributed by atoms with Gasteiger partial charge in [0.15, 0.2) is 5.78 Å². The highest BCUT2D eigenvalue weighted by Crippen LogP contribution is 2.46. The van der Waals surface area contributed by atoms with E-state index in [0.717, 1.165) is 0 Å². The molecule has 8 heteroatoms. The van der Waals surface area contributed by atoms with E-state index in [1.807, 2.05) is 0 Å². The third kappa shape index (κ3) is 2.22. The number of Topliss-reactive ketones (excluding diaryl/α,β-unsaturated/α-hetero) is 1. The summed E-state index contributed by atoms with van der Waals surface area (Å²) in [5.41, 5.74) is 1.15. The van der Waals surface area contributed by atoms with Crippen molar-refractivity contribution in [2.24, 2.45) is 0 Å². The highest BCUT2D eigenvalue weighted by Gasteiger charge is 2.47. The van der Waals surface area contributed by atoms with Crippen LogP contribution < -0.4 is 0 Å². The number of methoxy groups -OCH3 is 1. The average molecular weight is 332 g/mol. The van der Waals surface area contributed by atoms with E-state index in [9.17, 15) is 24.8 Å². The molecule has 1 aromatic carbocycles. The Balaban J connectivity index is 2.22. The summed E-state index contributed by atoms with van der Waals surface area (Å²) in [6.07, 6.45) is -0.528. The Morgan fingerprint density at radius 2 is 2.04 bits per heavy atom. The third-order valence-corrected chi connectivity index (χ3v) is 4.61. The van der Waals surface area contributed by atoms with Crippen LogP contribution in [0, 0.1) is 10.1 Å². The van der Waals surface area contributed by atoms with E-state index < -0.39 is 23.1 Å². The molecular weight excluding hydrogens is 316 g/mol. The van der Waals surface area contributed by atoms with E-state index in [-0.39, 0.29) is 35.6 Å². The van der Waals surface area contributed by atoms with Crippen LogP contribution in [0.2, 0.25) is 0 Å². The number of aliphatic hydroxyl groups is 1. The van der Waals surface area contributed by atoms with Crippen molar-refractivity contribution >= 4 is 17.6 Å². The van der Waals surface area contributed by atoms with Gasteiger partial charge in [-0.05, 0) is 12.5 Å². The van der Waals surface area contributed by atoms with Gasteiger partial charge in [0.05, 0.1) is 29.7 Å². The maximum Gasteiger partial charge on any atom is 0.410 e. The first-order chi connectivity index (χ1) is 11.4. The summed E-state index contributed by atoms with van der Waals surface area (Å²) in [6.45, 7) is 1.30. The lowest BCUT2D eigenvalue weighted by atomic mass is 9.77. The Morgan fingerprint density at radius 1 is 1.33 bits per heavy atom. The molecule has 0 aliphatic carbocycles. The number of carbonyl (C=O) groups is 2. The van der Waals surface area contributed by atoms with Crippen molar-refractivity contribution in [2.75, 3.05) is 7.11 Å². The molecule has 126 valence electrons. The first kappa shape index (κ1) is 16.0. The van der Waals surface area contributed by atoms with E-state index >= 15 is 0 Å². The minimum Gasteiger partial charge on any atom is -0.512 e.